The molecule has 1 aromatic rings. The lowest BCUT2D eigenvalue weighted by Crippen LogP contribution is -2.20. The van der Waals surface area contributed by atoms with E-state index in [1.54, 1.807) is 6.20 Å². The number of nitrogens with one attached hydrogen (secondary N) is 1. The molecule has 0 aromatic carbocycles. The average molecular weight is 236 g/mol. The Morgan fingerprint density at radius 1 is 1.47 bits per heavy atom. The number of anilines is 1. The minimum absolute atomic E-state index is 0.661. The number of nitrogens with zero attached hydrogens (tertiary/aromatic N) is 1. The maximum atomic E-state index is 5.75. The van der Waals surface area contributed by atoms with Crippen molar-refractivity contribution in [2.24, 2.45) is 5.92 Å². The van der Waals surface area contributed by atoms with Gasteiger partial charge >= 0.3 is 0 Å². The molecule has 0 saturated carbocycles. The van der Waals surface area contributed by atoms with Crippen molar-refractivity contribution >= 4 is 5.82 Å². The zero-order chi connectivity index (χ0) is 11.9. The highest BCUT2D eigenvalue weighted by molar-refractivity contribution is 5.36. The highest BCUT2D eigenvalue weighted by atomic mass is 16.5. The summed E-state index contributed by atoms with van der Waals surface area (Å²) in [6, 6.07) is 4.01. The van der Waals surface area contributed by atoms with Gasteiger partial charge in [0.25, 0.3) is 0 Å². The van der Waals surface area contributed by atoms with Gasteiger partial charge in [0.15, 0.2) is 0 Å². The molecule has 0 radical (unpaired) electrons. The van der Waals surface area contributed by atoms with Crippen LogP contribution in [-0.4, -0.2) is 31.9 Å². The van der Waals surface area contributed by atoms with Crippen molar-refractivity contribution < 1.29 is 9.47 Å². The van der Waals surface area contributed by atoms with Crippen LogP contribution in [0.25, 0.3) is 0 Å². The van der Waals surface area contributed by atoms with Crippen molar-refractivity contribution in [3.8, 4) is 0 Å². The number of pyridine rings is 1. The summed E-state index contributed by atoms with van der Waals surface area (Å²) in [4.78, 5) is 4.17. The molecule has 2 heterocycles. The van der Waals surface area contributed by atoms with Gasteiger partial charge in [-0.05, 0) is 36.5 Å². The molecule has 94 valence electrons. The molecule has 1 N–H and O–H groups in total. The van der Waals surface area contributed by atoms with Gasteiger partial charge in [-0.1, -0.05) is 0 Å². The molecule has 1 saturated heterocycles. The lowest BCUT2D eigenvalue weighted by Gasteiger charge is -2.21. The van der Waals surface area contributed by atoms with Crippen LogP contribution in [0.4, 0.5) is 5.82 Å². The standard InChI is InChI=1S/C13H20N2O2/c1-14-13-8-12(2-5-15-13)10-17-9-11-3-6-16-7-4-11/h2,5,8,11H,3-4,6-7,9-10H2,1H3,(H,14,15). The molecule has 4 nitrogen and oxygen atoms in total. The molecule has 1 aliphatic rings. The van der Waals surface area contributed by atoms with Crippen LogP contribution >= 0.6 is 0 Å². The van der Waals surface area contributed by atoms with Gasteiger partial charge in [-0.3, -0.25) is 0 Å². The first-order valence-corrected chi connectivity index (χ1v) is 6.16. The fourth-order valence-electron chi connectivity index (χ4n) is 1.96. The van der Waals surface area contributed by atoms with Gasteiger partial charge in [0.2, 0.25) is 0 Å². The third-order valence-electron chi connectivity index (χ3n) is 3.04. The van der Waals surface area contributed by atoms with E-state index in [-0.39, 0.29) is 0 Å². The van der Waals surface area contributed by atoms with E-state index in [4.69, 9.17) is 9.47 Å². The summed E-state index contributed by atoms with van der Waals surface area (Å²) < 4.78 is 11.1. The van der Waals surface area contributed by atoms with E-state index in [2.05, 4.69) is 10.3 Å². The Labute approximate surface area is 102 Å². The summed E-state index contributed by atoms with van der Waals surface area (Å²) in [6.07, 6.45) is 4.05. The summed E-state index contributed by atoms with van der Waals surface area (Å²) >= 11 is 0. The molecule has 0 unspecified atom stereocenters. The zero-order valence-electron chi connectivity index (χ0n) is 10.3. The van der Waals surface area contributed by atoms with Gasteiger partial charge in [-0.25, -0.2) is 4.98 Å². The van der Waals surface area contributed by atoms with Crippen LogP contribution in [0.3, 0.4) is 0 Å². The van der Waals surface area contributed by atoms with E-state index in [1.165, 1.54) is 0 Å². The third-order valence-corrected chi connectivity index (χ3v) is 3.04. The van der Waals surface area contributed by atoms with Crippen LogP contribution in [0.1, 0.15) is 18.4 Å². The van der Waals surface area contributed by atoms with Gasteiger partial charge < -0.3 is 14.8 Å². The van der Waals surface area contributed by atoms with Crippen LogP contribution in [0.2, 0.25) is 0 Å². The maximum Gasteiger partial charge on any atom is 0.125 e. The molecule has 0 amide bonds. The highest BCUT2D eigenvalue weighted by Crippen LogP contribution is 2.16. The first kappa shape index (κ1) is 12.3. The molecule has 4 heteroatoms. The predicted octanol–water partition coefficient (Wildman–Crippen LogP) is 2.07. The molecule has 0 spiro atoms. The first-order chi connectivity index (χ1) is 8.38. The smallest absolute Gasteiger partial charge is 0.125 e. The molecular formula is C13H20N2O2. The normalized spacial score (nSPS) is 17.0. The van der Waals surface area contributed by atoms with Crippen LogP contribution < -0.4 is 5.32 Å². The van der Waals surface area contributed by atoms with E-state index in [1.807, 2.05) is 19.2 Å². The van der Waals surface area contributed by atoms with Gasteiger partial charge in [-0.15, -0.1) is 0 Å². The molecule has 0 bridgehead atoms. The monoisotopic (exact) mass is 236 g/mol. The van der Waals surface area contributed by atoms with Crippen LogP contribution in [0.5, 0.6) is 0 Å². The number of hydrogen-bond donors (Lipinski definition) is 1. The second kappa shape index (κ2) is 6.57. The van der Waals surface area contributed by atoms with Gasteiger partial charge in [0, 0.05) is 26.5 Å². The highest BCUT2D eigenvalue weighted by Gasteiger charge is 2.13. The van der Waals surface area contributed by atoms with Crippen LogP contribution in [0.15, 0.2) is 18.3 Å². The SMILES string of the molecule is CNc1cc(COCC2CCOCC2)ccn1. The van der Waals surface area contributed by atoms with Crippen LogP contribution in [-0.2, 0) is 16.1 Å². The molecule has 1 aromatic heterocycles. The number of rotatable bonds is 5. The van der Waals surface area contributed by atoms with E-state index in [9.17, 15) is 0 Å². The Hall–Kier alpha value is -1.13. The van der Waals surface area contributed by atoms with Crippen molar-refractivity contribution in [1.82, 2.24) is 4.98 Å². The zero-order valence-corrected chi connectivity index (χ0v) is 10.3. The molecule has 0 aliphatic carbocycles. The van der Waals surface area contributed by atoms with Gasteiger partial charge in [-0.2, -0.15) is 0 Å². The van der Waals surface area contributed by atoms with Crippen LogP contribution in [0, 0.1) is 5.92 Å². The molecule has 1 fully saturated rings. The van der Waals surface area contributed by atoms with Crippen molar-refractivity contribution in [1.29, 1.82) is 0 Å². The minimum atomic E-state index is 0.661. The molecule has 0 atom stereocenters. The topological polar surface area (TPSA) is 43.4 Å². The van der Waals surface area contributed by atoms with Crippen molar-refractivity contribution in [3.63, 3.8) is 0 Å². The summed E-state index contributed by atoms with van der Waals surface area (Å²) in [5.74, 6) is 1.55. The fourth-order valence-corrected chi connectivity index (χ4v) is 1.96. The first-order valence-electron chi connectivity index (χ1n) is 6.16. The van der Waals surface area contributed by atoms with E-state index >= 15 is 0 Å². The maximum absolute atomic E-state index is 5.75. The Bertz CT molecular complexity index is 338. The second-order valence-corrected chi connectivity index (χ2v) is 4.37. The quantitative estimate of drug-likeness (QED) is 0.850. The summed E-state index contributed by atoms with van der Waals surface area (Å²) in [5, 5.41) is 3.02. The minimum Gasteiger partial charge on any atom is -0.381 e. The van der Waals surface area contributed by atoms with E-state index in [0.717, 1.165) is 44.0 Å². The molecule has 17 heavy (non-hydrogen) atoms. The Morgan fingerprint density at radius 3 is 3.06 bits per heavy atom. The molecule has 1 aliphatic heterocycles. The van der Waals surface area contributed by atoms with E-state index in [0.29, 0.717) is 12.5 Å². The summed E-state index contributed by atoms with van der Waals surface area (Å²) in [5.41, 5.74) is 1.16. The van der Waals surface area contributed by atoms with Crippen molar-refractivity contribution in [2.75, 3.05) is 32.2 Å². The second-order valence-electron chi connectivity index (χ2n) is 4.37. The number of hydrogen-bond acceptors (Lipinski definition) is 4. The predicted molar refractivity (Wildman–Crippen MR) is 67.0 cm³/mol. The third kappa shape index (κ3) is 3.98. The molecule has 2 rings (SSSR count). The number of aromatic nitrogens is 1. The van der Waals surface area contributed by atoms with Crippen molar-refractivity contribution in [2.45, 2.75) is 19.4 Å². The Balaban J connectivity index is 1.73. The Morgan fingerprint density at radius 2 is 2.29 bits per heavy atom. The largest absolute Gasteiger partial charge is 0.381 e. The van der Waals surface area contributed by atoms with E-state index < -0.39 is 0 Å². The van der Waals surface area contributed by atoms with Gasteiger partial charge in [0.1, 0.15) is 5.82 Å². The lowest BCUT2D eigenvalue weighted by molar-refractivity contribution is 0.0157. The average Bonchev–Trinajstić information content (AvgIpc) is 2.40. The fraction of sp³-hybridized carbons (Fsp3) is 0.615. The van der Waals surface area contributed by atoms with Gasteiger partial charge in [0.05, 0.1) is 13.2 Å². The Kier molecular flexibility index (Phi) is 4.76. The lowest BCUT2D eigenvalue weighted by atomic mass is 10.0. The summed E-state index contributed by atoms with van der Waals surface area (Å²) in [6.45, 7) is 3.26. The summed E-state index contributed by atoms with van der Waals surface area (Å²) in [7, 11) is 1.87. The molecular weight excluding hydrogens is 216 g/mol. The van der Waals surface area contributed by atoms with Crippen molar-refractivity contribution in [3.05, 3.63) is 23.9 Å². The number of ether oxygens (including phenoxy) is 2.